The first-order valence-corrected chi connectivity index (χ1v) is 7.06. The Balaban J connectivity index is 0.00000192. The van der Waals surface area contributed by atoms with Crippen LogP contribution in [0.3, 0.4) is 0 Å². The molecular formula is C16H15N2NaO4. The van der Waals surface area contributed by atoms with E-state index in [1.54, 1.807) is 6.92 Å². The van der Waals surface area contributed by atoms with Gasteiger partial charge >= 0.3 is 29.6 Å². The van der Waals surface area contributed by atoms with Crippen LogP contribution in [0.25, 0.3) is 0 Å². The van der Waals surface area contributed by atoms with E-state index in [9.17, 15) is 19.5 Å². The number of carboxylic acids is 1. The largest absolute Gasteiger partial charge is 1.00 e. The fourth-order valence-corrected chi connectivity index (χ4v) is 3.08. The van der Waals surface area contributed by atoms with Crippen molar-refractivity contribution in [3.63, 3.8) is 0 Å². The maximum Gasteiger partial charge on any atom is 1.00 e. The van der Waals surface area contributed by atoms with E-state index in [1.807, 2.05) is 30.3 Å². The number of nitrogens with one attached hydrogen (secondary N) is 1. The predicted molar refractivity (Wildman–Crippen MR) is 75.0 cm³/mol. The molecule has 2 atom stereocenters. The molecule has 2 heterocycles. The van der Waals surface area contributed by atoms with E-state index in [-0.39, 0.29) is 59.5 Å². The molecule has 3 rings (SSSR count). The molecule has 0 aliphatic carbocycles. The van der Waals surface area contributed by atoms with Crippen molar-refractivity contribution in [1.82, 2.24) is 10.2 Å². The van der Waals surface area contributed by atoms with Gasteiger partial charge in [-0.3, -0.25) is 9.59 Å². The molecule has 1 aromatic carbocycles. The maximum absolute atomic E-state index is 12.1. The van der Waals surface area contributed by atoms with Crippen LogP contribution in [0.4, 0.5) is 0 Å². The molecule has 1 fully saturated rings. The number of carbonyl (C=O) groups excluding carboxylic acids is 3. The maximum atomic E-state index is 12.1. The molecule has 0 aromatic heterocycles. The van der Waals surface area contributed by atoms with Crippen molar-refractivity contribution in [3.8, 4) is 0 Å². The van der Waals surface area contributed by atoms with E-state index in [1.165, 1.54) is 4.90 Å². The second-order valence-electron chi connectivity index (χ2n) is 5.60. The summed E-state index contributed by atoms with van der Waals surface area (Å²) in [6.07, 6.45) is 0.641. The quantitative estimate of drug-likeness (QED) is 0.457. The third kappa shape index (κ3) is 3.20. The summed E-state index contributed by atoms with van der Waals surface area (Å²) in [6.45, 7) is 1.67. The molecule has 23 heavy (non-hydrogen) atoms. The fourth-order valence-electron chi connectivity index (χ4n) is 3.08. The molecule has 2 amide bonds. The van der Waals surface area contributed by atoms with Crippen LogP contribution in [0.1, 0.15) is 18.9 Å². The molecule has 0 bridgehead atoms. The summed E-state index contributed by atoms with van der Waals surface area (Å²) >= 11 is 0. The Morgan fingerprint density at radius 1 is 1.30 bits per heavy atom. The second kappa shape index (κ2) is 6.86. The van der Waals surface area contributed by atoms with Crippen molar-refractivity contribution < 1.29 is 49.0 Å². The topological polar surface area (TPSA) is 89.5 Å². The monoisotopic (exact) mass is 322 g/mol. The molecule has 1 unspecified atom stereocenters. The van der Waals surface area contributed by atoms with Crippen LogP contribution in [-0.4, -0.2) is 34.8 Å². The van der Waals surface area contributed by atoms with E-state index in [2.05, 4.69) is 5.32 Å². The molecular weight excluding hydrogens is 307 g/mol. The number of β-lactam (4-membered cyclic amide) rings is 1. The van der Waals surface area contributed by atoms with Crippen molar-refractivity contribution in [2.45, 2.75) is 31.8 Å². The number of rotatable bonds is 4. The van der Waals surface area contributed by atoms with Gasteiger partial charge in [0.2, 0.25) is 5.91 Å². The molecule has 2 aliphatic rings. The normalized spacial score (nSPS) is 22.1. The number of amides is 2. The van der Waals surface area contributed by atoms with Crippen LogP contribution in [0.15, 0.2) is 41.6 Å². The first kappa shape index (κ1) is 17.7. The molecule has 7 heteroatoms. The molecule has 6 nitrogen and oxygen atoms in total. The average molecular weight is 322 g/mol. The Bertz CT molecular complexity index is 687. The number of fused-ring (bicyclic) bond motifs is 1. The molecule has 0 saturated carbocycles. The third-order valence-electron chi connectivity index (χ3n) is 4.10. The Labute approximate surface area is 155 Å². The van der Waals surface area contributed by atoms with Gasteiger partial charge in [0.05, 0.1) is 24.1 Å². The zero-order valence-electron chi connectivity index (χ0n) is 13.0. The SMILES string of the molecule is CC1=C(C(=O)[O-])N2C(=O)C(NC(=O)Cc3ccccc3)[C@H]2C1.[Na+]. The van der Waals surface area contributed by atoms with Gasteiger partial charge in [-0.2, -0.15) is 0 Å². The van der Waals surface area contributed by atoms with E-state index < -0.39 is 12.0 Å². The van der Waals surface area contributed by atoms with Gasteiger partial charge in [0, 0.05) is 0 Å². The number of aliphatic carboxylic acids is 1. The minimum Gasteiger partial charge on any atom is -0.543 e. The summed E-state index contributed by atoms with van der Waals surface area (Å²) in [4.78, 5) is 36.4. The standard InChI is InChI=1S/C16H16N2O4.Na/c1-9-7-11-13(15(20)18(11)14(9)16(21)22)17-12(19)8-10-5-3-2-4-6-10;/h2-6,11,13H,7-8H2,1H3,(H,17,19)(H,21,22);/q;+1/p-1/t11-,13?;/m1./s1. The zero-order valence-corrected chi connectivity index (χ0v) is 15.0. The van der Waals surface area contributed by atoms with Crippen molar-refractivity contribution in [3.05, 3.63) is 47.2 Å². The summed E-state index contributed by atoms with van der Waals surface area (Å²) in [7, 11) is 0. The van der Waals surface area contributed by atoms with Crippen LogP contribution in [0.5, 0.6) is 0 Å². The van der Waals surface area contributed by atoms with Gasteiger partial charge in [-0.1, -0.05) is 30.3 Å². The number of carbonyl (C=O) groups is 3. The van der Waals surface area contributed by atoms with E-state index in [0.717, 1.165) is 5.56 Å². The average Bonchev–Trinajstić information content (AvgIpc) is 2.80. The van der Waals surface area contributed by atoms with Crippen LogP contribution in [0.2, 0.25) is 0 Å². The minimum atomic E-state index is -1.34. The van der Waals surface area contributed by atoms with E-state index in [4.69, 9.17) is 0 Å². The van der Waals surface area contributed by atoms with Gasteiger partial charge in [0.15, 0.2) is 0 Å². The van der Waals surface area contributed by atoms with Crippen LogP contribution < -0.4 is 40.0 Å². The summed E-state index contributed by atoms with van der Waals surface area (Å²) < 4.78 is 0. The van der Waals surface area contributed by atoms with Crippen LogP contribution in [0, 0.1) is 0 Å². The summed E-state index contributed by atoms with van der Waals surface area (Å²) in [5.74, 6) is -1.98. The molecule has 1 N–H and O–H groups in total. The van der Waals surface area contributed by atoms with Gasteiger partial charge in [-0.05, 0) is 24.5 Å². The Hall–Kier alpha value is -1.63. The van der Waals surface area contributed by atoms with Crippen LogP contribution >= 0.6 is 0 Å². The molecule has 2 aliphatic heterocycles. The van der Waals surface area contributed by atoms with Crippen molar-refractivity contribution in [2.24, 2.45) is 0 Å². The first-order chi connectivity index (χ1) is 10.5. The van der Waals surface area contributed by atoms with Gasteiger partial charge in [-0.15, -0.1) is 0 Å². The van der Waals surface area contributed by atoms with Gasteiger partial charge < -0.3 is 20.1 Å². The minimum absolute atomic E-state index is 0. The van der Waals surface area contributed by atoms with E-state index >= 15 is 0 Å². The number of hydrogen-bond acceptors (Lipinski definition) is 4. The molecule has 1 aromatic rings. The number of carboxylic acid groups (broad SMARTS) is 1. The Morgan fingerprint density at radius 2 is 1.96 bits per heavy atom. The van der Waals surface area contributed by atoms with Crippen molar-refractivity contribution >= 4 is 17.8 Å². The fraction of sp³-hybridized carbons (Fsp3) is 0.312. The summed E-state index contributed by atoms with van der Waals surface area (Å²) in [5.41, 5.74) is 1.42. The molecule has 114 valence electrons. The molecule has 0 spiro atoms. The third-order valence-corrected chi connectivity index (χ3v) is 4.10. The molecule has 0 radical (unpaired) electrons. The van der Waals surface area contributed by atoms with E-state index in [0.29, 0.717) is 12.0 Å². The number of hydrogen-bond donors (Lipinski definition) is 1. The van der Waals surface area contributed by atoms with Gasteiger partial charge in [0.1, 0.15) is 6.04 Å². The number of nitrogens with zero attached hydrogens (tertiary/aromatic N) is 1. The smallest absolute Gasteiger partial charge is 0.543 e. The summed E-state index contributed by atoms with van der Waals surface area (Å²) in [6, 6.07) is 8.27. The first-order valence-electron chi connectivity index (χ1n) is 7.06. The molecule has 1 saturated heterocycles. The van der Waals surface area contributed by atoms with Gasteiger partial charge in [0.25, 0.3) is 5.91 Å². The zero-order chi connectivity index (χ0) is 15.9. The van der Waals surface area contributed by atoms with Crippen LogP contribution in [-0.2, 0) is 20.8 Å². The number of benzene rings is 1. The second-order valence-corrected chi connectivity index (χ2v) is 5.60. The van der Waals surface area contributed by atoms with Gasteiger partial charge in [-0.25, -0.2) is 0 Å². The predicted octanol–water partition coefficient (Wildman–Crippen LogP) is -3.64. The van der Waals surface area contributed by atoms with Crippen molar-refractivity contribution in [1.29, 1.82) is 0 Å². The van der Waals surface area contributed by atoms with Crippen molar-refractivity contribution in [2.75, 3.05) is 0 Å². The Kier molecular flexibility index (Phi) is 5.29. The summed E-state index contributed by atoms with van der Waals surface area (Å²) in [5, 5.41) is 13.8. The Morgan fingerprint density at radius 3 is 2.57 bits per heavy atom.